The maximum atomic E-state index is 12.8. The molecule has 1 aromatic carbocycles. The molecule has 0 aromatic heterocycles. The zero-order chi connectivity index (χ0) is 15.3. The highest BCUT2D eigenvalue weighted by molar-refractivity contribution is 6.06. The fourth-order valence-electron chi connectivity index (χ4n) is 5.33. The lowest BCUT2D eigenvalue weighted by molar-refractivity contribution is -0.145. The van der Waals surface area contributed by atoms with Gasteiger partial charge < -0.3 is 5.73 Å². The summed E-state index contributed by atoms with van der Waals surface area (Å²) in [7, 11) is 0. The molecule has 2 amide bonds. The van der Waals surface area contributed by atoms with Crippen molar-refractivity contribution in [2.45, 2.75) is 38.5 Å². The first kappa shape index (κ1) is 13.8. The quantitative estimate of drug-likeness (QED) is 0.651. The molecule has 0 saturated heterocycles. The van der Waals surface area contributed by atoms with Gasteiger partial charge in [-0.25, -0.2) is 0 Å². The molecular formula is C18H22N2O2. The molecule has 3 N–H and O–H groups in total. The molecule has 0 aliphatic heterocycles. The minimum absolute atomic E-state index is 0.0478. The summed E-state index contributed by atoms with van der Waals surface area (Å²) >= 11 is 0. The number of nitrogen functional groups attached to an aromatic ring is 1. The third-order valence-corrected chi connectivity index (χ3v) is 5.92. The number of amides is 2. The third kappa shape index (κ3) is 2.21. The van der Waals surface area contributed by atoms with E-state index in [1.807, 2.05) is 0 Å². The Balaban J connectivity index is 1.50. The Bertz CT molecular complexity index is 585. The first-order valence-corrected chi connectivity index (χ1v) is 8.25. The average molecular weight is 298 g/mol. The van der Waals surface area contributed by atoms with Crippen molar-refractivity contribution < 1.29 is 9.59 Å². The number of nitrogens with two attached hydrogens (primary N) is 1. The Morgan fingerprint density at radius 1 is 0.955 bits per heavy atom. The van der Waals surface area contributed by atoms with Gasteiger partial charge in [0.15, 0.2) is 0 Å². The van der Waals surface area contributed by atoms with Crippen LogP contribution in [-0.2, 0) is 4.79 Å². The van der Waals surface area contributed by atoms with E-state index < -0.39 is 0 Å². The summed E-state index contributed by atoms with van der Waals surface area (Å²) in [6.45, 7) is 0. The van der Waals surface area contributed by atoms with Crippen LogP contribution in [0.5, 0.6) is 0 Å². The molecule has 116 valence electrons. The lowest BCUT2D eigenvalue weighted by Gasteiger charge is -2.55. The summed E-state index contributed by atoms with van der Waals surface area (Å²) in [6.07, 6.45) is 6.79. The second kappa shape index (κ2) is 4.83. The van der Waals surface area contributed by atoms with Gasteiger partial charge in [0.2, 0.25) is 5.91 Å². The largest absolute Gasteiger partial charge is 0.399 e. The molecule has 22 heavy (non-hydrogen) atoms. The smallest absolute Gasteiger partial charge is 0.257 e. The van der Waals surface area contributed by atoms with E-state index in [0.717, 1.165) is 19.3 Å². The number of anilines is 1. The van der Waals surface area contributed by atoms with Crippen molar-refractivity contribution >= 4 is 17.5 Å². The Labute approximate surface area is 130 Å². The van der Waals surface area contributed by atoms with Crippen LogP contribution in [0.25, 0.3) is 0 Å². The number of hydrogen-bond acceptors (Lipinski definition) is 3. The monoisotopic (exact) mass is 298 g/mol. The minimum atomic E-state index is -0.305. The molecular weight excluding hydrogens is 276 g/mol. The molecule has 4 bridgehead atoms. The molecule has 0 atom stereocenters. The zero-order valence-electron chi connectivity index (χ0n) is 12.7. The lowest BCUT2D eigenvalue weighted by atomic mass is 9.49. The van der Waals surface area contributed by atoms with E-state index in [9.17, 15) is 9.59 Å². The summed E-state index contributed by atoms with van der Waals surface area (Å²) < 4.78 is 0. The van der Waals surface area contributed by atoms with Gasteiger partial charge in [0.25, 0.3) is 5.91 Å². The van der Waals surface area contributed by atoms with Gasteiger partial charge in [-0.3, -0.25) is 14.9 Å². The highest BCUT2D eigenvalue weighted by Crippen LogP contribution is 2.60. The molecule has 4 nitrogen and oxygen atoms in total. The predicted molar refractivity (Wildman–Crippen MR) is 83.9 cm³/mol. The Morgan fingerprint density at radius 3 is 1.95 bits per heavy atom. The number of hydrogen-bond donors (Lipinski definition) is 2. The standard InChI is InChI=1S/C18H22N2O2/c19-15-3-1-14(2-4-15)16(21)20-17(22)18-8-11-5-12(9-18)7-13(6-11)10-18/h1-4,11-13H,5-10,19H2,(H,20,21,22). The molecule has 0 radical (unpaired) electrons. The molecule has 4 aliphatic carbocycles. The van der Waals surface area contributed by atoms with E-state index in [4.69, 9.17) is 5.73 Å². The van der Waals surface area contributed by atoms with Crippen molar-refractivity contribution in [1.82, 2.24) is 5.32 Å². The first-order valence-electron chi connectivity index (χ1n) is 8.25. The number of rotatable bonds is 2. The maximum absolute atomic E-state index is 12.8. The summed E-state index contributed by atoms with van der Waals surface area (Å²) in [4.78, 5) is 25.1. The Kier molecular flexibility index (Phi) is 3.03. The molecule has 4 aliphatic rings. The highest BCUT2D eigenvalue weighted by atomic mass is 16.2. The van der Waals surface area contributed by atoms with E-state index in [1.165, 1.54) is 19.3 Å². The van der Waals surface area contributed by atoms with Crippen LogP contribution in [0.15, 0.2) is 24.3 Å². The van der Waals surface area contributed by atoms with Gasteiger partial charge in [0.05, 0.1) is 5.41 Å². The van der Waals surface area contributed by atoms with Crippen molar-refractivity contribution in [2.24, 2.45) is 23.2 Å². The zero-order valence-corrected chi connectivity index (χ0v) is 12.7. The Hall–Kier alpha value is -1.84. The molecule has 4 saturated carbocycles. The summed E-state index contributed by atoms with van der Waals surface area (Å²) in [5.41, 5.74) is 6.46. The highest BCUT2D eigenvalue weighted by Gasteiger charge is 2.54. The van der Waals surface area contributed by atoms with E-state index in [2.05, 4.69) is 5.32 Å². The van der Waals surface area contributed by atoms with Crippen molar-refractivity contribution in [3.8, 4) is 0 Å². The van der Waals surface area contributed by atoms with Gasteiger partial charge in [0, 0.05) is 11.3 Å². The van der Waals surface area contributed by atoms with Crippen LogP contribution in [0.4, 0.5) is 5.69 Å². The maximum Gasteiger partial charge on any atom is 0.257 e. The normalized spacial score (nSPS) is 35.4. The minimum Gasteiger partial charge on any atom is -0.399 e. The van der Waals surface area contributed by atoms with Crippen LogP contribution in [0, 0.1) is 23.2 Å². The molecule has 0 spiro atoms. The molecule has 0 unspecified atom stereocenters. The second-order valence-electron chi connectivity index (χ2n) is 7.60. The second-order valence-corrected chi connectivity index (χ2v) is 7.60. The van der Waals surface area contributed by atoms with E-state index in [1.54, 1.807) is 24.3 Å². The van der Waals surface area contributed by atoms with Crippen LogP contribution in [0.2, 0.25) is 0 Å². The van der Waals surface area contributed by atoms with Crippen molar-refractivity contribution in [3.05, 3.63) is 29.8 Å². The van der Waals surface area contributed by atoms with Gasteiger partial charge in [-0.05, 0) is 80.5 Å². The molecule has 4 fully saturated rings. The van der Waals surface area contributed by atoms with Crippen molar-refractivity contribution in [2.75, 3.05) is 5.73 Å². The van der Waals surface area contributed by atoms with Crippen LogP contribution in [0.3, 0.4) is 0 Å². The van der Waals surface area contributed by atoms with Crippen LogP contribution >= 0.6 is 0 Å². The topological polar surface area (TPSA) is 72.2 Å². The Morgan fingerprint density at radius 2 is 1.45 bits per heavy atom. The number of benzene rings is 1. The van der Waals surface area contributed by atoms with Crippen LogP contribution in [0.1, 0.15) is 48.9 Å². The summed E-state index contributed by atoms with van der Waals surface area (Å²) in [5.74, 6) is 1.74. The lowest BCUT2D eigenvalue weighted by Crippen LogP contribution is -2.54. The average Bonchev–Trinajstić information content (AvgIpc) is 2.46. The molecule has 0 heterocycles. The van der Waals surface area contributed by atoms with Gasteiger partial charge >= 0.3 is 0 Å². The third-order valence-electron chi connectivity index (χ3n) is 5.92. The predicted octanol–water partition coefficient (Wildman–Crippen LogP) is 2.74. The molecule has 1 aromatic rings. The van der Waals surface area contributed by atoms with E-state index >= 15 is 0 Å². The molecule has 4 heteroatoms. The number of carbonyl (C=O) groups excluding carboxylic acids is 2. The van der Waals surface area contributed by atoms with E-state index in [-0.39, 0.29) is 17.2 Å². The van der Waals surface area contributed by atoms with Gasteiger partial charge in [0.1, 0.15) is 0 Å². The van der Waals surface area contributed by atoms with Crippen molar-refractivity contribution in [3.63, 3.8) is 0 Å². The van der Waals surface area contributed by atoms with E-state index in [0.29, 0.717) is 29.0 Å². The number of imide groups is 1. The SMILES string of the molecule is Nc1ccc(C(=O)NC(=O)C23CC4CC(CC(C4)C2)C3)cc1. The molecule has 5 rings (SSSR count). The first-order chi connectivity index (χ1) is 10.5. The van der Waals surface area contributed by atoms with Crippen LogP contribution in [-0.4, -0.2) is 11.8 Å². The van der Waals surface area contributed by atoms with Gasteiger partial charge in [-0.2, -0.15) is 0 Å². The van der Waals surface area contributed by atoms with Crippen LogP contribution < -0.4 is 11.1 Å². The fraction of sp³-hybridized carbons (Fsp3) is 0.556. The number of nitrogens with one attached hydrogen (secondary N) is 1. The summed E-state index contributed by atoms with van der Waals surface area (Å²) in [6, 6.07) is 6.70. The summed E-state index contributed by atoms with van der Waals surface area (Å²) in [5, 5.41) is 2.65. The fourth-order valence-corrected chi connectivity index (χ4v) is 5.33. The number of carbonyl (C=O) groups is 2. The van der Waals surface area contributed by atoms with Crippen molar-refractivity contribution in [1.29, 1.82) is 0 Å². The van der Waals surface area contributed by atoms with Gasteiger partial charge in [-0.15, -0.1) is 0 Å². The van der Waals surface area contributed by atoms with Gasteiger partial charge in [-0.1, -0.05) is 0 Å².